The summed E-state index contributed by atoms with van der Waals surface area (Å²) in [4.78, 5) is 25.8. The number of esters is 1. The predicted molar refractivity (Wildman–Crippen MR) is 112 cm³/mol. The summed E-state index contributed by atoms with van der Waals surface area (Å²) in [5, 5.41) is 0. The second kappa shape index (κ2) is 8.71. The summed E-state index contributed by atoms with van der Waals surface area (Å²) in [7, 11) is 2.92. The van der Waals surface area contributed by atoms with Gasteiger partial charge in [-0.2, -0.15) is 0 Å². The van der Waals surface area contributed by atoms with E-state index >= 15 is 0 Å². The molecule has 29 heavy (non-hydrogen) atoms. The van der Waals surface area contributed by atoms with Gasteiger partial charge in [0.25, 0.3) is 0 Å². The molecule has 8 nitrogen and oxygen atoms in total. The third kappa shape index (κ3) is 5.27. The van der Waals surface area contributed by atoms with E-state index in [1.54, 1.807) is 25.3 Å². The number of hydrogen-bond acceptors (Lipinski definition) is 8. The highest BCUT2D eigenvalue weighted by molar-refractivity contribution is 7.98. The SMILES string of the molecule is COC(=O)c1ccc(NSN2CC3CN(C(=O)OC(C)(C)C)CC3C2)c(OC)c1. The Kier molecular flexibility index (Phi) is 6.48. The van der Waals surface area contributed by atoms with Crippen LogP contribution in [0, 0.1) is 11.8 Å². The lowest BCUT2D eigenvalue weighted by Crippen LogP contribution is -2.37. The van der Waals surface area contributed by atoms with Crippen LogP contribution in [0.4, 0.5) is 10.5 Å². The number of hydrogen-bond donors (Lipinski definition) is 1. The lowest BCUT2D eigenvalue weighted by atomic mass is 10.0. The molecule has 9 heteroatoms. The van der Waals surface area contributed by atoms with Crippen molar-refractivity contribution < 1.29 is 23.8 Å². The van der Waals surface area contributed by atoms with Crippen LogP contribution in [0.1, 0.15) is 31.1 Å². The van der Waals surface area contributed by atoms with Gasteiger partial charge in [0.2, 0.25) is 0 Å². The molecule has 1 amide bonds. The molecule has 0 radical (unpaired) electrons. The molecule has 2 atom stereocenters. The molecular weight excluding hydrogens is 394 g/mol. The van der Waals surface area contributed by atoms with Gasteiger partial charge in [0.1, 0.15) is 11.4 Å². The summed E-state index contributed by atoms with van der Waals surface area (Å²) in [5.74, 6) is 1.07. The number of carbonyl (C=O) groups is 2. The van der Waals surface area contributed by atoms with Gasteiger partial charge >= 0.3 is 12.1 Å². The first kappa shape index (κ1) is 21.6. The number of ether oxygens (including phenoxy) is 3. The highest BCUT2D eigenvalue weighted by atomic mass is 32.2. The third-order valence-electron chi connectivity index (χ3n) is 5.01. The van der Waals surface area contributed by atoms with Gasteiger partial charge in [0.15, 0.2) is 0 Å². The molecule has 2 fully saturated rings. The van der Waals surface area contributed by atoms with Crippen molar-refractivity contribution in [2.75, 3.05) is 45.1 Å². The Balaban J connectivity index is 1.51. The molecule has 2 unspecified atom stereocenters. The van der Waals surface area contributed by atoms with Crippen molar-refractivity contribution in [3.05, 3.63) is 23.8 Å². The normalized spacial score (nSPS) is 21.6. The molecule has 3 rings (SSSR count). The van der Waals surface area contributed by atoms with E-state index < -0.39 is 11.6 Å². The number of nitrogens with zero attached hydrogens (tertiary/aromatic N) is 2. The molecule has 2 aliphatic rings. The first-order valence-corrected chi connectivity index (χ1v) is 10.4. The number of likely N-dealkylation sites (tertiary alicyclic amines) is 1. The zero-order chi connectivity index (χ0) is 21.2. The Labute approximate surface area is 176 Å². The number of anilines is 1. The number of carbonyl (C=O) groups excluding carboxylic acids is 2. The molecule has 0 aromatic heterocycles. The Bertz CT molecular complexity index is 753. The van der Waals surface area contributed by atoms with Crippen molar-refractivity contribution in [1.82, 2.24) is 9.21 Å². The fourth-order valence-electron chi connectivity index (χ4n) is 3.63. The summed E-state index contributed by atoms with van der Waals surface area (Å²) in [6, 6.07) is 5.17. The standard InChI is InChI=1S/C20H29N3O5S/c1-20(2,3)28-19(25)22-9-14-11-23(12-15(14)10-22)29-21-16-7-6-13(18(24)27-5)8-17(16)26-4/h6-8,14-15,21H,9-12H2,1-5H3. The largest absolute Gasteiger partial charge is 0.495 e. The maximum Gasteiger partial charge on any atom is 0.410 e. The highest BCUT2D eigenvalue weighted by Crippen LogP contribution is 2.36. The predicted octanol–water partition coefficient (Wildman–Crippen LogP) is 3.26. The van der Waals surface area contributed by atoms with Crippen LogP contribution < -0.4 is 9.46 Å². The van der Waals surface area contributed by atoms with Gasteiger partial charge in [0.05, 0.1) is 25.5 Å². The van der Waals surface area contributed by atoms with E-state index in [1.807, 2.05) is 25.7 Å². The number of amides is 1. The maximum absolute atomic E-state index is 12.3. The van der Waals surface area contributed by atoms with Crippen LogP contribution in [0.2, 0.25) is 0 Å². The van der Waals surface area contributed by atoms with Gasteiger partial charge in [-0.3, -0.25) is 0 Å². The zero-order valence-corrected chi connectivity index (χ0v) is 18.4. The minimum absolute atomic E-state index is 0.223. The van der Waals surface area contributed by atoms with Crippen LogP contribution >= 0.6 is 12.1 Å². The van der Waals surface area contributed by atoms with E-state index in [0.29, 0.717) is 23.1 Å². The van der Waals surface area contributed by atoms with Crippen LogP contribution in [-0.4, -0.2) is 67.3 Å². The average Bonchev–Trinajstić information content (AvgIpc) is 3.23. The van der Waals surface area contributed by atoms with Crippen molar-refractivity contribution >= 4 is 29.9 Å². The first-order chi connectivity index (χ1) is 13.7. The van der Waals surface area contributed by atoms with E-state index in [1.165, 1.54) is 19.2 Å². The molecular formula is C20H29N3O5S. The Morgan fingerprint density at radius 3 is 2.31 bits per heavy atom. The van der Waals surface area contributed by atoms with Gasteiger partial charge in [-0.1, -0.05) is 0 Å². The van der Waals surface area contributed by atoms with Gasteiger partial charge in [-0.15, -0.1) is 0 Å². The zero-order valence-electron chi connectivity index (χ0n) is 17.6. The van der Waals surface area contributed by atoms with Crippen LogP contribution in [-0.2, 0) is 9.47 Å². The molecule has 1 aromatic carbocycles. The molecule has 2 saturated heterocycles. The smallest absolute Gasteiger partial charge is 0.410 e. The lowest BCUT2D eigenvalue weighted by molar-refractivity contribution is 0.0279. The van der Waals surface area contributed by atoms with Crippen molar-refractivity contribution in [2.24, 2.45) is 11.8 Å². The van der Waals surface area contributed by atoms with Gasteiger partial charge in [-0.25, -0.2) is 13.9 Å². The summed E-state index contributed by atoms with van der Waals surface area (Å²) >= 11 is 1.52. The Hall–Kier alpha value is -2.13. The van der Waals surface area contributed by atoms with Crippen LogP contribution in [0.5, 0.6) is 5.75 Å². The number of fused-ring (bicyclic) bond motifs is 1. The monoisotopic (exact) mass is 423 g/mol. The second-order valence-electron chi connectivity index (χ2n) is 8.35. The van der Waals surface area contributed by atoms with Crippen LogP contribution in [0.3, 0.4) is 0 Å². The fraction of sp³-hybridized carbons (Fsp3) is 0.600. The van der Waals surface area contributed by atoms with Crippen molar-refractivity contribution in [1.29, 1.82) is 0 Å². The van der Waals surface area contributed by atoms with Crippen LogP contribution in [0.15, 0.2) is 18.2 Å². The molecule has 1 N–H and O–H groups in total. The third-order valence-corrected chi connectivity index (χ3v) is 5.88. The van der Waals surface area contributed by atoms with Gasteiger partial charge < -0.3 is 23.8 Å². The molecule has 0 bridgehead atoms. The summed E-state index contributed by atoms with van der Waals surface area (Å²) in [5.41, 5.74) is 0.763. The van der Waals surface area contributed by atoms with E-state index in [2.05, 4.69) is 9.03 Å². The Morgan fingerprint density at radius 2 is 1.76 bits per heavy atom. The van der Waals surface area contributed by atoms with E-state index in [4.69, 9.17) is 14.2 Å². The minimum atomic E-state index is -0.469. The summed E-state index contributed by atoms with van der Waals surface area (Å²) in [6.45, 7) is 8.91. The molecule has 1 aromatic rings. The van der Waals surface area contributed by atoms with Crippen molar-refractivity contribution in [2.45, 2.75) is 26.4 Å². The summed E-state index contributed by atoms with van der Waals surface area (Å²) in [6.07, 6.45) is -0.223. The average molecular weight is 424 g/mol. The fourth-order valence-corrected chi connectivity index (χ4v) is 4.56. The van der Waals surface area contributed by atoms with Crippen molar-refractivity contribution in [3.63, 3.8) is 0 Å². The highest BCUT2D eigenvalue weighted by Gasteiger charge is 2.43. The molecule has 2 aliphatic heterocycles. The molecule has 160 valence electrons. The molecule has 0 saturated carbocycles. The number of methoxy groups -OCH3 is 2. The van der Waals surface area contributed by atoms with E-state index in [-0.39, 0.29) is 6.09 Å². The topological polar surface area (TPSA) is 80.3 Å². The van der Waals surface area contributed by atoms with Gasteiger partial charge in [0, 0.05) is 38.3 Å². The number of rotatable bonds is 5. The van der Waals surface area contributed by atoms with E-state index in [0.717, 1.165) is 31.9 Å². The van der Waals surface area contributed by atoms with Crippen LogP contribution in [0.25, 0.3) is 0 Å². The number of nitrogens with one attached hydrogen (secondary N) is 1. The second-order valence-corrected chi connectivity index (χ2v) is 9.26. The maximum atomic E-state index is 12.3. The van der Waals surface area contributed by atoms with E-state index in [9.17, 15) is 9.59 Å². The minimum Gasteiger partial charge on any atom is -0.495 e. The molecule has 2 heterocycles. The Morgan fingerprint density at radius 1 is 1.10 bits per heavy atom. The first-order valence-electron chi connectivity index (χ1n) is 9.62. The molecule has 0 aliphatic carbocycles. The van der Waals surface area contributed by atoms with Gasteiger partial charge in [-0.05, 0) is 50.8 Å². The van der Waals surface area contributed by atoms with Crippen molar-refractivity contribution in [3.8, 4) is 5.75 Å². The quantitative estimate of drug-likeness (QED) is 0.571. The number of benzene rings is 1. The lowest BCUT2D eigenvalue weighted by Gasteiger charge is -2.25. The molecule has 0 spiro atoms. The summed E-state index contributed by atoms with van der Waals surface area (Å²) < 4.78 is 21.2.